The molecule has 0 aliphatic carbocycles. The first-order valence-electron chi connectivity index (χ1n) is 25.6. The molecule has 0 aromatic carbocycles. The topological polar surface area (TPSA) is 427 Å². The van der Waals surface area contributed by atoms with Crippen molar-refractivity contribution in [3.05, 3.63) is 0 Å². The molecule has 0 aromatic rings. The number of hydrogen-bond acceptors (Lipinski definition) is 34. The highest BCUT2D eigenvalue weighted by Crippen LogP contribution is 2.40. The van der Waals surface area contributed by atoms with Gasteiger partial charge in [0.15, 0.2) is 80.1 Å². The second-order valence-electron chi connectivity index (χ2n) is 18.9. The monoisotopic (exact) mass is 1210 g/mol. The van der Waals surface area contributed by atoms with Gasteiger partial charge in [0.2, 0.25) is 0 Å². The third kappa shape index (κ3) is 20.5. The van der Waals surface area contributed by atoms with Gasteiger partial charge in [-0.3, -0.25) is 62.3 Å². The van der Waals surface area contributed by atoms with Gasteiger partial charge in [-0.1, -0.05) is 0 Å². The van der Waals surface area contributed by atoms with E-state index < -0.39 is 227 Å². The van der Waals surface area contributed by atoms with Crippen molar-refractivity contribution in [2.75, 3.05) is 26.4 Å². The lowest BCUT2D eigenvalue weighted by atomic mass is 9.94. The molecular weight excluding hydrogens is 1140 g/mol. The molecule has 34 nitrogen and oxygen atoms in total. The van der Waals surface area contributed by atoms with Gasteiger partial charge in [0.1, 0.15) is 69.2 Å². The van der Waals surface area contributed by atoms with Crippen molar-refractivity contribution in [2.45, 2.75) is 213 Å². The van der Waals surface area contributed by atoms with Crippen LogP contribution in [0.15, 0.2) is 0 Å². The van der Waals surface area contributed by atoms with Crippen molar-refractivity contribution in [3.63, 3.8) is 0 Å². The van der Waals surface area contributed by atoms with Gasteiger partial charge in [-0.05, 0) is 0 Å². The lowest BCUT2D eigenvalue weighted by molar-refractivity contribution is -0.389. The molecule has 4 rings (SSSR count). The zero-order chi connectivity index (χ0) is 63.0. The summed E-state index contributed by atoms with van der Waals surface area (Å²) >= 11 is 0. The Kier molecular flexibility index (Phi) is 26.1. The van der Waals surface area contributed by atoms with Gasteiger partial charge < -0.3 is 99.8 Å². The Morgan fingerprint density at radius 3 is 0.750 bits per heavy atom. The van der Waals surface area contributed by atoms with Gasteiger partial charge >= 0.3 is 77.6 Å². The quantitative estimate of drug-likeness (QED) is 0.0828. The zero-order valence-electron chi connectivity index (χ0n) is 47.8. The smallest absolute Gasteiger partial charge is 0.303 e. The first-order valence-corrected chi connectivity index (χ1v) is 25.6. The lowest BCUT2D eigenvalue weighted by Crippen LogP contribution is -2.69. The average Bonchev–Trinajstić information content (AvgIpc) is 1.07. The molecule has 0 aromatic heterocycles. The van der Waals surface area contributed by atoms with E-state index in [-0.39, 0.29) is 0 Å². The molecule has 4 heterocycles. The van der Waals surface area contributed by atoms with E-state index in [1.165, 1.54) is 0 Å². The van der Waals surface area contributed by atoms with Crippen molar-refractivity contribution in [1.29, 1.82) is 0 Å². The Labute approximate surface area is 478 Å². The van der Waals surface area contributed by atoms with Crippen molar-refractivity contribution in [3.8, 4) is 0 Å². The fourth-order valence-corrected chi connectivity index (χ4v) is 9.06. The standard InChI is InChI=1S/C50H68O34/c1-18(51)65-14-31-37(39(71-24(7)57)43(47(64)78-31)74-27(10)60)82-48-45(76-29(12)62)41(73-26(9)59)38(34(81-48)17-68-21(4)54)83-49-46(77-30(13)63)42(36(70-23(6)56)33(79-49)16-67-20(3)53)84-50-44(75-28(11)61)40(72-25(8)58)35(69-22(5)55)32(80-50)15-66-19(2)52/h31-50,64H,14-17H2,1-13H3/t31-,32+,33-,34-,35+,36+,37-,38-,39-,40+,41-,42+,43+,44-,45+,46+,47-,48+,49+,50-/m1/s1. The first kappa shape index (κ1) is 69.3. The van der Waals surface area contributed by atoms with E-state index in [1.54, 1.807) is 0 Å². The lowest BCUT2D eigenvalue weighted by Gasteiger charge is -2.51. The van der Waals surface area contributed by atoms with Crippen LogP contribution in [0, 0.1) is 0 Å². The van der Waals surface area contributed by atoms with Crippen molar-refractivity contribution in [1.82, 2.24) is 0 Å². The Hall–Kier alpha value is -7.21. The molecule has 0 saturated carbocycles. The number of aliphatic hydroxyl groups is 1. The van der Waals surface area contributed by atoms with Crippen molar-refractivity contribution < 1.29 is 162 Å². The van der Waals surface area contributed by atoms with Crippen LogP contribution in [0.4, 0.5) is 0 Å². The maximum atomic E-state index is 13.3. The zero-order valence-corrected chi connectivity index (χ0v) is 47.8. The second kappa shape index (κ2) is 31.6. The molecule has 0 spiro atoms. The van der Waals surface area contributed by atoms with Crippen LogP contribution in [0.3, 0.4) is 0 Å². The van der Waals surface area contributed by atoms with Gasteiger partial charge in [0.05, 0.1) is 0 Å². The molecule has 1 N–H and O–H groups in total. The molecule has 4 aliphatic rings. The van der Waals surface area contributed by atoms with Gasteiger partial charge in [0.25, 0.3) is 0 Å². The molecule has 84 heavy (non-hydrogen) atoms. The maximum absolute atomic E-state index is 13.3. The van der Waals surface area contributed by atoms with Crippen LogP contribution in [0.2, 0.25) is 0 Å². The molecular formula is C50H68O34. The van der Waals surface area contributed by atoms with E-state index in [0.717, 1.165) is 90.0 Å². The summed E-state index contributed by atoms with van der Waals surface area (Å²) in [7, 11) is 0. The highest BCUT2D eigenvalue weighted by molar-refractivity contribution is 5.71. The fourth-order valence-electron chi connectivity index (χ4n) is 9.06. The molecule has 34 heteroatoms. The largest absolute Gasteiger partial charge is 0.463 e. The molecule has 20 atom stereocenters. The Morgan fingerprint density at radius 1 is 0.250 bits per heavy atom. The number of esters is 13. The van der Waals surface area contributed by atoms with Gasteiger partial charge in [-0.25, -0.2) is 0 Å². The Morgan fingerprint density at radius 2 is 0.452 bits per heavy atom. The SMILES string of the molecule is CC(=O)OC[C@@H]1O[C@H](O[C@@H]2[C@H](OC(C)=O)[C@H](O[C@H]3[C@@H](OC(C)=O)[C@H](OC(C)=O)[C@H](O[C@H]4[C@@H](OC(C)=O)[C@H](OC(C)=O)[C@H](O)O[C@@H]4COC(C)=O)O[C@@H]3COC(C)=O)O[C@H](COC(C)=O)[C@@H]2OC(C)=O)[C@H](OC(C)=O)[C@@H](OC(C)=O)[C@H]1OC(C)=O. The van der Waals surface area contributed by atoms with E-state index in [0.29, 0.717) is 0 Å². The summed E-state index contributed by atoms with van der Waals surface area (Å²) in [6.45, 7) is 8.84. The van der Waals surface area contributed by atoms with E-state index in [2.05, 4.69) is 0 Å². The summed E-state index contributed by atoms with van der Waals surface area (Å²) in [5.74, 6) is -13.5. The Balaban J connectivity index is 2.02. The minimum Gasteiger partial charge on any atom is -0.463 e. The highest BCUT2D eigenvalue weighted by Gasteiger charge is 2.61. The third-order valence-corrected chi connectivity index (χ3v) is 11.8. The normalized spacial score (nSPS) is 32.7. The average molecular weight is 1210 g/mol. The third-order valence-electron chi connectivity index (χ3n) is 11.8. The van der Waals surface area contributed by atoms with Crippen LogP contribution in [-0.2, 0) is 157 Å². The summed E-state index contributed by atoms with van der Waals surface area (Å²) in [6.07, 6.45) is -39.4. The minimum absolute atomic E-state index is 0.774. The molecule has 0 bridgehead atoms. The summed E-state index contributed by atoms with van der Waals surface area (Å²) in [5, 5.41) is 11.0. The molecule has 4 fully saturated rings. The molecule has 0 unspecified atom stereocenters. The number of rotatable bonds is 23. The van der Waals surface area contributed by atoms with Crippen LogP contribution in [-0.4, -0.2) is 232 Å². The molecule has 472 valence electrons. The molecule has 0 radical (unpaired) electrons. The number of hydrogen-bond donors (Lipinski definition) is 1. The van der Waals surface area contributed by atoms with Gasteiger partial charge in [-0.15, -0.1) is 0 Å². The number of carbonyl (C=O) groups excluding carboxylic acids is 13. The molecule has 0 amide bonds. The first-order chi connectivity index (χ1) is 39.3. The summed E-state index contributed by atoms with van der Waals surface area (Å²) in [4.78, 5) is 165. The molecule has 4 saturated heterocycles. The number of ether oxygens (including phenoxy) is 20. The molecule has 4 aliphatic heterocycles. The second-order valence-corrected chi connectivity index (χ2v) is 18.9. The maximum Gasteiger partial charge on any atom is 0.303 e. The van der Waals surface area contributed by atoms with Crippen LogP contribution < -0.4 is 0 Å². The minimum atomic E-state index is -2.25. The summed E-state index contributed by atoms with van der Waals surface area (Å²) in [6, 6.07) is 0. The van der Waals surface area contributed by atoms with Crippen LogP contribution in [0.25, 0.3) is 0 Å². The van der Waals surface area contributed by atoms with Crippen LogP contribution in [0.5, 0.6) is 0 Å². The Bertz CT molecular complexity index is 2410. The predicted octanol–water partition coefficient (Wildman–Crippen LogP) is -2.33. The predicted molar refractivity (Wildman–Crippen MR) is 258 cm³/mol. The fraction of sp³-hybridized carbons (Fsp3) is 0.740. The van der Waals surface area contributed by atoms with Gasteiger partial charge in [-0.2, -0.15) is 0 Å². The summed E-state index contributed by atoms with van der Waals surface area (Å²) in [5.41, 5.74) is 0. The number of aliphatic hydroxyl groups excluding tert-OH is 1. The van der Waals surface area contributed by atoms with E-state index in [1.807, 2.05) is 0 Å². The number of carbonyl (C=O) groups is 13. The van der Waals surface area contributed by atoms with E-state index in [4.69, 9.17) is 94.7 Å². The van der Waals surface area contributed by atoms with E-state index in [9.17, 15) is 67.4 Å². The van der Waals surface area contributed by atoms with Crippen LogP contribution >= 0.6 is 0 Å². The summed E-state index contributed by atoms with van der Waals surface area (Å²) < 4.78 is 115. The van der Waals surface area contributed by atoms with Gasteiger partial charge in [0, 0.05) is 90.0 Å². The van der Waals surface area contributed by atoms with Crippen LogP contribution in [0.1, 0.15) is 90.0 Å². The van der Waals surface area contributed by atoms with E-state index >= 15 is 0 Å². The highest BCUT2D eigenvalue weighted by atomic mass is 16.8. The van der Waals surface area contributed by atoms with Crippen molar-refractivity contribution >= 4 is 77.6 Å². The van der Waals surface area contributed by atoms with Crippen molar-refractivity contribution in [2.24, 2.45) is 0 Å².